The van der Waals surface area contributed by atoms with Gasteiger partial charge in [-0.2, -0.15) is 0 Å². The highest BCUT2D eigenvalue weighted by Gasteiger charge is 2.02. The van der Waals surface area contributed by atoms with Crippen LogP contribution in [0.15, 0.2) is 0 Å². The third-order valence-corrected chi connectivity index (χ3v) is 5.34. The van der Waals surface area contributed by atoms with Crippen LogP contribution in [0.3, 0.4) is 0 Å². The topological polar surface area (TPSA) is 26.3 Å². The van der Waals surface area contributed by atoms with E-state index in [9.17, 15) is 4.79 Å². The van der Waals surface area contributed by atoms with Gasteiger partial charge in [0.15, 0.2) is 0 Å². The molecule has 25 heavy (non-hydrogen) atoms. The molecule has 0 aromatic heterocycles. The fourth-order valence-corrected chi connectivity index (χ4v) is 3.49. The number of rotatable bonds is 20. The van der Waals surface area contributed by atoms with Gasteiger partial charge in [-0.25, -0.2) is 0 Å². The predicted octanol–water partition coefficient (Wildman–Crippen LogP) is 7.97. The number of esters is 1. The molecule has 0 atom stereocenters. The molecule has 0 saturated carbocycles. The van der Waals surface area contributed by atoms with Gasteiger partial charge in [0.25, 0.3) is 0 Å². The fraction of sp³-hybridized carbons (Fsp3) is 0.955. The number of hydrogen-bond acceptors (Lipinski definition) is 2. The van der Waals surface area contributed by atoms with Crippen molar-refractivity contribution in [2.75, 3.05) is 11.9 Å². The van der Waals surface area contributed by atoms with E-state index in [1.165, 1.54) is 89.9 Å². The summed E-state index contributed by atoms with van der Waals surface area (Å²) in [6.07, 6.45) is 23.0. The maximum absolute atomic E-state index is 11.5. The summed E-state index contributed by atoms with van der Waals surface area (Å²) in [5.74, 6) is -0.00994. The van der Waals surface area contributed by atoms with Crippen LogP contribution in [0.4, 0.5) is 0 Å². The molecule has 0 N–H and O–H groups in total. The summed E-state index contributed by atoms with van der Waals surface area (Å²) >= 11 is 3.38. The largest absolute Gasteiger partial charge is 0.466 e. The average molecular weight is 419 g/mol. The second-order valence-corrected chi connectivity index (χ2v) is 8.11. The van der Waals surface area contributed by atoms with Crippen molar-refractivity contribution in [1.29, 1.82) is 0 Å². The molecule has 3 heteroatoms. The first-order valence-corrected chi connectivity index (χ1v) is 12.1. The van der Waals surface area contributed by atoms with Gasteiger partial charge in [-0.3, -0.25) is 4.79 Å². The van der Waals surface area contributed by atoms with Crippen molar-refractivity contribution < 1.29 is 9.53 Å². The third-order valence-electron chi connectivity index (χ3n) is 4.78. The van der Waals surface area contributed by atoms with Crippen molar-refractivity contribution in [3.63, 3.8) is 0 Å². The standard InChI is InChI=1S/C22H43BrO2/c1-2-3-4-5-6-7-8-9-10-11-12-13-14-15-16-19-22(24)25-21-18-17-20-23/h2-21H2,1H3. The second kappa shape index (κ2) is 22.0. The highest BCUT2D eigenvalue weighted by Crippen LogP contribution is 2.13. The van der Waals surface area contributed by atoms with Crippen molar-refractivity contribution in [3.8, 4) is 0 Å². The van der Waals surface area contributed by atoms with Crippen LogP contribution in [-0.2, 0) is 9.53 Å². The van der Waals surface area contributed by atoms with Gasteiger partial charge in [0.1, 0.15) is 0 Å². The predicted molar refractivity (Wildman–Crippen MR) is 114 cm³/mol. The van der Waals surface area contributed by atoms with Crippen LogP contribution in [0.2, 0.25) is 0 Å². The molecule has 0 heterocycles. The summed E-state index contributed by atoms with van der Waals surface area (Å²) in [7, 11) is 0. The summed E-state index contributed by atoms with van der Waals surface area (Å²) in [6, 6.07) is 0. The molecule has 0 unspecified atom stereocenters. The van der Waals surface area contributed by atoms with E-state index in [0.29, 0.717) is 13.0 Å². The Hall–Kier alpha value is -0.0500. The van der Waals surface area contributed by atoms with Gasteiger partial charge < -0.3 is 4.74 Å². The zero-order valence-corrected chi connectivity index (χ0v) is 18.4. The Morgan fingerprint density at radius 2 is 1.08 bits per heavy atom. The molecule has 0 aliphatic heterocycles. The average Bonchev–Trinajstić information content (AvgIpc) is 2.62. The van der Waals surface area contributed by atoms with E-state index in [0.717, 1.165) is 24.6 Å². The lowest BCUT2D eigenvalue weighted by Crippen LogP contribution is -2.05. The van der Waals surface area contributed by atoms with Gasteiger partial charge in [-0.1, -0.05) is 113 Å². The lowest BCUT2D eigenvalue weighted by atomic mass is 10.0. The number of hydrogen-bond donors (Lipinski definition) is 0. The van der Waals surface area contributed by atoms with E-state index >= 15 is 0 Å². The zero-order chi connectivity index (χ0) is 18.4. The molecule has 0 aromatic carbocycles. The SMILES string of the molecule is CCCCCCCCCCCCCCCCCC(=O)OCCCCBr. The highest BCUT2D eigenvalue weighted by atomic mass is 79.9. The quantitative estimate of drug-likeness (QED) is 0.114. The van der Waals surface area contributed by atoms with Crippen LogP contribution >= 0.6 is 15.9 Å². The third kappa shape index (κ3) is 21.9. The Morgan fingerprint density at radius 1 is 0.640 bits per heavy atom. The number of carbonyl (C=O) groups excluding carboxylic acids is 1. The number of unbranched alkanes of at least 4 members (excludes halogenated alkanes) is 15. The summed E-state index contributed by atoms with van der Waals surface area (Å²) in [5.41, 5.74) is 0. The Balaban J connectivity index is 3.08. The van der Waals surface area contributed by atoms with Gasteiger partial charge in [0.05, 0.1) is 6.61 Å². The molecule has 0 amide bonds. The summed E-state index contributed by atoms with van der Waals surface area (Å²) in [4.78, 5) is 11.5. The maximum Gasteiger partial charge on any atom is 0.305 e. The molecule has 150 valence electrons. The Bertz CT molecular complexity index is 269. The summed E-state index contributed by atoms with van der Waals surface area (Å²) < 4.78 is 5.20. The van der Waals surface area contributed by atoms with Crippen molar-refractivity contribution >= 4 is 21.9 Å². The summed E-state index contributed by atoms with van der Waals surface area (Å²) in [6.45, 7) is 2.87. The molecule has 0 rings (SSSR count). The Labute approximate surface area is 166 Å². The molecule has 0 fully saturated rings. The van der Waals surface area contributed by atoms with Crippen molar-refractivity contribution in [2.45, 2.75) is 122 Å². The lowest BCUT2D eigenvalue weighted by Gasteiger charge is -2.05. The van der Waals surface area contributed by atoms with E-state index in [1.54, 1.807) is 0 Å². The van der Waals surface area contributed by atoms with Crippen LogP contribution in [0.25, 0.3) is 0 Å². The fourth-order valence-electron chi connectivity index (χ4n) is 3.10. The second-order valence-electron chi connectivity index (χ2n) is 7.32. The first-order chi connectivity index (χ1) is 12.3. The van der Waals surface area contributed by atoms with E-state index in [-0.39, 0.29) is 5.97 Å². The molecule has 0 aliphatic rings. The zero-order valence-electron chi connectivity index (χ0n) is 16.8. The van der Waals surface area contributed by atoms with Gasteiger partial charge in [0, 0.05) is 11.8 Å². The van der Waals surface area contributed by atoms with Crippen molar-refractivity contribution in [2.24, 2.45) is 0 Å². The number of carbonyl (C=O) groups is 1. The molecule has 0 radical (unpaired) electrons. The van der Waals surface area contributed by atoms with Crippen LogP contribution in [0.5, 0.6) is 0 Å². The minimum atomic E-state index is -0.00994. The molecule has 2 nitrogen and oxygen atoms in total. The molecular weight excluding hydrogens is 376 g/mol. The van der Waals surface area contributed by atoms with E-state index < -0.39 is 0 Å². The number of ether oxygens (including phenoxy) is 1. The van der Waals surface area contributed by atoms with Crippen LogP contribution in [0.1, 0.15) is 122 Å². The van der Waals surface area contributed by atoms with E-state index in [4.69, 9.17) is 4.74 Å². The Kier molecular flexibility index (Phi) is 21.9. The minimum Gasteiger partial charge on any atom is -0.466 e. The minimum absolute atomic E-state index is 0.00994. The van der Waals surface area contributed by atoms with Gasteiger partial charge in [-0.15, -0.1) is 0 Å². The molecular formula is C22H43BrO2. The number of halogens is 1. The van der Waals surface area contributed by atoms with Crippen LogP contribution in [0, 0.1) is 0 Å². The normalized spacial score (nSPS) is 11.0. The highest BCUT2D eigenvalue weighted by molar-refractivity contribution is 9.09. The van der Waals surface area contributed by atoms with Gasteiger partial charge in [0.2, 0.25) is 0 Å². The molecule has 0 aromatic rings. The number of alkyl halides is 1. The van der Waals surface area contributed by atoms with Gasteiger partial charge >= 0.3 is 5.97 Å². The van der Waals surface area contributed by atoms with Crippen molar-refractivity contribution in [3.05, 3.63) is 0 Å². The van der Waals surface area contributed by atoms with Crippen LogP contribution < -0.4 is 0 Å². The molecule has 0 aliphatic carbocycles. The summed E-state index contributed by atoms with van der Waals surface area (Å²) in [5, 5.41) is 0.990. The van der Waals surface area contributed by atoms with E-state index in [2.05, 4.69) is 22.9 Å². The molecule has 0 bridgehead atoms. The van der Waals surface area contributed by atoms with Crippen molar-refractivity contribution in [1.82, 2.24) is 0 Å². The Morgan fingerprint density at radius 3 is 1.52 bits per heavy atom. The van der Waals surface area contributed by atoms with E-state index in [1.807, 2.05) is 0 Å². The maximum atomic E-state index is 11.5. The lowest BCUT2D eigenvalue weighted by molar-refractivity contribution is -0.143. The smallest absolute Gasteiger partial charge is 0.305 e. The van der Waals surface area contributed by atoms with Gasteiger partial charge in [-0.05, 0) is 19.3 Å². The first-order valence-electron chi connectivity index (χ1n) is 11.0. The first kappa shape index (κ1) is 24.9. The molecule has 0 saturated heterocycles. The monoisotopic (exact) mass is 418 g/mol. The molecule has 0 spiro atoms. The van der Waals surface area contributed by atoms with Crippen LogP contribution in [-0.4, -0.2) is 17.9 Å².